The maximum Gasteiger partial charge on any atom is 0.250 e. The van der Waals surface area contributed by atoms with Crippen molar-refractivity contribution in [2.45, 2.75) is 59.5 Å². The largest absolute Gasteiger partial charge is 0.390 e. The lowest BCUT2D eigenvalue weighted by Crippen LogP contribution is -2.18. The second kappa shape index (κ2) is 14.6. The van der Waals surface area contributed by atoms with Crippen molar-refractivity contribution in [2.75, 3.05) is 0 Å². The van der Waals surface area contributed by atoms with E-state index in [9.17, 15) is 18.3 Å². The zero-order valence-electron chi connectivity index (χ0n) is 21.9. The standard InChI is InChI=1S/C22H17F3N6O.2C2H6.C2H2/c23-15-5-2-6-16(24)19(15)18-9-12-3-1-4-14(20(12)29-28-18)21-17(25)10-26-22(27-21)31-8-7-13(11-32)30-31;3*1-2/h2,5-10,14,32H,1,3-4,11H2;2*1-2H3;1-2H. The highest BCUT2D eigenvalue weighted by molar-refractivity contribution is 5.61. The first-order valence-corrected chi connectivity index (χ1v) is 12.4. The number of fused-ring (bicyclic) bond motifs is 1. The number of hydrogen-bond acceptors (Lipinski definition) is 6. The maximum atomic E-state index is 14.7. The van der Waals surface area contributed by atoms with Gasteiger partial charge in [-0.1, -0.05) is 33.8 Å². The van der Waals surface area contributed by atoms with Crippen molar-refractivity contribution in [3.63, 3.8) is 0 Å². The Kier molecular flexibility index (Phi) is 11.6. The van der Waals surface area contributed by atoms with Crippen molar-refractivity contribution < 1.29 is 18.3 Å². The van der Waals surface area contributed by atoms with Crippen molar-refractivity contribution in [3.05, 3.63) is 82.8 Å². The Morgan fingerprint density at radius 1 is 0.974 bits per heavy atom. The number of halogens is 3. The average Bonchev–Trinajstić information content (AvgIpc) is 3.46. The van der Waals surface area contributed by atoms with Gasteiger partial charge in [-0.2, -0.15) is 15.3 Å². The fourth-order valence-electron chi connectivity index (χ4n) is 3.98. The van der Waals surface area contributed by atoms with Crippen molar-refractivity contribution in [2.24, 2.45) is 0 Å². The molecule has 0 fully saturated rings. The van der Waals surface area contributed by atoms with Gasteiger partial charge >= 0.3 is 0 Å². The molecule has 1 unspecified atom stereocenters. The molecule has 0 saturated carbocycles. The molecule has 1 aliphatic rings. The van der Waals surface area contributed by atoms with Crippen LogP contribution in [0.3, 0.4) is 0 Å². The summed E-state index contributed by atoms with van der Waals surface area (Å²) in [7, 11) is 0. The number of aliphatic hydroxyl groups is 1. The molecule has 3 heterocycles. The molecule has 0 bridgehead atoms. The molecule has 0 saturated heterocycles. The van der Waals surface area contributed by atoms with Crippen LogP contribution in [0.2, 0.25) is 0 Å². The number of aryl methyl sites for hydroxylation is 1. The molecule has 0 aliphatic heterocycles. The summed E-state index contributed by atoms with van der Waals surface area (Å²) in [5, 5.41) is 21.6. The lowest BCUT2D eigenvalue weighted by molar-refractivity contribution is 0.276. The first-order chi connectivity index (χ1) is 18.5. The Morgan fingerprint density at radius 3 is 2.29 bits per heavy atom. The first-order valence-electron chi connectivity index (χ1n) is 12.4. The molecular formula is C28H31F3N6O. The van der Waals surface area contributed by atoms with Gasteiger partial charge in [0.25, 0.3) is 5.95 Å². The molecule has 10 heteroatoms. The number of nitrogens with zero attached hydrogens (tertiary/aromatic N) is 6. The van der Waals surface area contributed by atoms with Gasteiger partial charge in [0, 0.05) is 12.1 Å². The molecule has 200 valence electrons. The molecule has 1 atom stereocenters. The Bertz CT molecular complexity index is 1340. The molecule has 38 heavy (non-hydrogen) atoms. The van der Waals surface area contributed by atoms with Crippen LogP contribution in [0.15, 0.2) is 42.7 Å². The minimum atomic E-state index is -0.723. The first kappa shape index (κ1) is 30.1. The van der Waals surface area contributed by atoms with E-state index in [-0.39, 0.29) is 29.5 Å². The molecule has 4 aromatic rings. The zero-order chi connectivity index (χ0) is 28.2. The molecule has 0 radical (unpaired) electrons. The minimum absolute atomic E-state index is 0.0944. The summed E-state index contributed by atoms with van der Waals surface area (Å²) in [6.07, 6.45) is 12.6. The van der Waals surface area contributed by atoms with Gasteiger partial charge in [-0.15, -0.1) is 12.8 Å². The van der Waals surface area contributed by atoms with E-state index in [2.05, 4.69) is 38.1 Å². The number of hydrogen-bond donors (Lipinski definition) is 1. The van der Waals surface area contributed by atoms with E-state index < -0.39 is 23.4 Å². The molecule has 7 nitrogen and oxygen atoms in total. The predicted molar refractivity (Wildman–Crippen MR) is 140 cm³/mol. The van der Waals surface area contributed by atoms with E-state index in [1.54, 1.807) is 18.3 Å². The molecular weight excluding hydrogens is 493 g/mol. The lowest BCUT2D eigenvalue weighted by atomic mass is 9.84. The summed E-state index contributed by atoms with van der Waals surface area (Å²) < 4.78 is 44.5. The Balaban J connectivity index is 0.000000791. The molecule has 1 N–H and O–H groups in total. The van der Waals surface area contributed by atoms with Gasteiger partial charge in [-0.3, -0.25) is 0 Å². The van der Waals surface area contributed by atoms with Crippen LogP contribution in [0, 0.1) is 30.3 Å². The second-order valence-electron chi connectivity index (χ2n) is 7.49. The van der Waals surface area contributed by atoms with Crippen molar-refractivity contribution in [3.8, 4) is 30.1 Å². The monoisotopic (exact) mass is 524 g/mol. The van der Waals surface area contributed by atoms with E-state index in [0.29, 0.717) is 24.2 Å². The van der Waals surface area contributed by atoms with Crippen LogP contribution < -0.4 is 0 Å². The third-order valence-electron chi connectivity index (χ3n) is 5.49. The van der Waals surface area contributed by atoms with Gasteiger partial charge in [-0.25, -0.2) is 27.8 Å². The van der Waals surface area contributed by atoms with Crippen LogP contribution in [-0.4, -0.2) is 35.1 Å². The van der Waals surface area contributed by atoms with Gasteiger partial charge in [0.1, 0.15) is 11.6 Å². The summed E-state index contributed by atoms with van der Waals surface area (Å²) in [5.41, 5.74) is 1.71. The summed E-state index contributed by atoms with van der Waals surface area (Å²) in [6.45, 7) is 7.76. The Hall–Kier alpha value is -4.10. The summed E-state index contributed by atoms with van der Waals surface area (Å²) in [5.74, 6) is -2.36. The van der Waals surface area contributed by atoms with Gasteiger partial charge in [-0.05, 0) is 49.1 Å². The SMILES string of the molecule is C#C.CC.CC.OCc1ccn(-c2ncc(F)c(C3CCCc4cc(-c5c(F)cccc5F)nnc43)n2)n1. The van der Waals surface area contributed by atoms with Gasteiger partial charge in [0.2, 0.25) is 0 Å². The Labute approximate surface area is 220 Å². The van der Waals surface area contributed by atoms with Crippen molar-refractivity contribution in [1.82, 2.24) is 29.9 Å². The summed E-state index contributed by atoms with van der Waals surface area (Å²) in [4.78, 5) is 8.36. The number of aromatic nitrogens is 6. The topological polar surface area (TPSA) is 89.6 Å². The van der Waals surface area contributed by atoms with Crippen molar-refractivity contribution >= 4 is 0 Å². The predicted octanol–water partition coefficient (Wildman–Crippen LogP) is 5.80. The summed E-state index contributed by atoms with van der Waals surface area (Å²) in [6, 6.07) is 6.83. The highest BCUT2D eigenvalue weighted by Crippen LogP contribution is 2.37. The fourth-order valence-corrected chi connectivity index (χ4v) is 3.98. The minimum Gasteiger partial charge on any atom is -0.390 e. The highest BCUT2D eigenvalue weighted by Gasteiger charge is 2.29. The maximum absolute atomic E-state index is 14.7. The molecule has 5 rings (SSSR count). The van der Waals surface area contributed by atoms with E-state index in [1.807, 2.05) is 27.7 Å². The fraction of sp³-hybridized carbons (Fsp3) is 0.321. The summed E-state index contributed by atoms with van der Waals surface area (Å²) >= 11 is 0. The number of benzene rings is 1. The van der Waals surface area contributed by atoms with E-state index >= 15 is 0 Å². The lowest BCUT2D eigenvalue weighted by Gasteiger charge is -2.24. The van der Waals surface area contributed by atoms with Crippen LogP contribution in [-0.2, 0) is 13.0 Å². The van der Waals surface area contributed by atoms with E-state index in [4.69, 9.17) is 0 Å². The van der Waals surface area contributed by atoms with Gasteiger partial charge in [0.15, 0.2) is 5.82 Å². The number of rotatable bonds is 4. The van der Waals surface area contributed by atoms with Crippen LogP contribution in [0.5, 0.6) is 0 Å². The third-order valence-corrected chi connectivity index (χ3v) is 5.49. The van der Waals surface area contributed by atoms with E-state index in [1.165, 1.54) is 10.7 Å². The molecule has 1 aromatic carbocycles. The average molecular weight is 525 g/mol. The smallest absolute Gasteiger partial charge is 0.250 e. The quantitative estimate of drug-likeness (QED) is 0.340. The van der Waals surface area contributed by atoms with Gasteiger partial charge < -0.3 is 5.11 Å². The molecule has 1 aliphatic carbocycles. The molecule has 0 amide bonds. The molecule has 0 spiro atoms. The second-order valence-corrected chi connectivity index (χ2v) is 7.49. The van der Waals surface area contributed by atoms with Gasteiger partial charge in [0.05, 0.1) is 41.1 Å². The highest BCUT2D eigenvalue weighted by atomic mass is 19.1. The Morgan fingerprint density at radius 2 is 1.66 bits per heavy atom. The molecule has 3 aromatic heterocycles. The van der Waals surface area contributed by atoms with Crippen LogP contribution in [0.1, 0.15) is 69.1 Å². The van der Waals surface area contributed by atoms with Crippen LogP contribution in [0.4, 0.5) is 13.2 Å². The third kappa shape index (κ3) is 6.42. The zero-order valence-corrected chi connectivity index (χ0v) is 21.9. The van der Waals surface area contributed by atoms with Crippen molar-refractivity contribution in [1.29, 1.82) is 0 Å². The van der Waals surface area contributed by atoms with E-state index in [0.717, 1.165) is 30.3 Å². The number of terminal acetylenes is 1. The number of aliphatic hydroxyl groups excluding tert-OH is 1. The van der Waals surface area contributed by atoms with Crippen LogP contribution in [0.25, 0.3) is 17.2 Å². The van der Waals surface area contributed by atoms with Crippen LogP contribution >= 0.6 is 0 Å². The normalized spacial score (nSPS) is 13.5.